The lowest BCUT2D eigenvalue weighted by atomic mass is 10.2. The third kappa shape index (κ3) is 2.60. The van der Waals surface area contributed by atoms with Gasteiger partial charge in [-0.05, 0) is 30.5 Å². The summed E-state index contributed by atoms with van der Waals surface area (Å²) in [6.45, 7) is 2.66. The van der Waals surface area contributed by atoms with Crippen molar-refractivity contribution in [3.05, 3.63) is 58.4 Å². The minimum atomic E-state index is -0.331. The van der Waals surface area contributed by atoms with E-state index in [0.29, 0.717) is 17.1 Å². The van der Waals surface area contributed by atoms with Crippen LogP contribution in [0.5, 0.6) is 0 Å². The van der Waals surface area contributed by atoms with E-state index in [1.54, 1.807) is 12.1 Å². The fraction of sp³-hybridized carbons (Fsp3) is 0.125. The molecule has 3 aromatic rings. The molecule has 2 N–H and O–H groups in total. The molecule has 112 valence electrons. The minimum absolute atomic E-state index is 0.317. The molecule has 6 heteroatoms. The number of nitrogens with zero attached hydrogens (tertiary/aromatic N) is 1. The number of aryl methyl sites for hydroxylation is 1. The Morgan fingerprint density at radius 1 is 1.09 bits per heavy atom. The van der Waals surface area contributed by atoms with Crippen LogP contribution in [0.15, 0.2) is 47.8 Å². The summed E-state index contributed by atoms with van der Waals surface area (Å²) in [7, 11) is 0. The van der Waals surface area contributed by atoms with Gasteiger partial charge in [0.15, 0.2) is 0 Å². The number of benzene rings is 1. The summed E-state index contributed by atoms with van der Waals surface area (Å²) in [4.78, 5) is 24.7. The van der Waals surface area contributed by atoms with Crippen LogP contribution in [0.25, 0.3) is 10.9 Å². The van der Waals surface area contributed by atoms with Crippen LogP contribution in [0.2, 0.25) is 0 Å². The van der Waals surface area contributed by atoms with Crippen LogP contribution in [0.3, 0.4) is 0 Å². The fourth-order valence-electron chi connectivity index (χ4n) is 2.39. The Balaban J connectivity index is 1.79. The van der Waals surface area contributed by atoms with Crippen molar-refractivity contribution in [2.24, 2.45) is 0 Å². The standard InChI is InChI=1S/C16H15N3O2S/c1-2-19-12-7-4-3-6-11(12)10-13(19)15(20)17-18-16(21)14-8-5-9-22-14/h3-10H,2H2,1H3,(H,17,20)(H,18,21). The van der Waals surface area contributed by atoms with Crippen LogP contribution in [0.1, 0.15) is 27.1 Å². The topological polar surface area (TPSA) is 63.1 Å². The molecule has 0 fully saturated rings. The highest BCUT2D eigenvalue weighted by Crippen LogP contribution is 2.19. The van der Waals surface area contributed by atoms with E-state index in [2.05, 4.69) is 10.9 Å². The second-order valence-electron chi connectivity index (χ2n) is 4.72. The van der Waals surface area contributed by atoms with Crippen molar-refractivity contribution in [3.8, 4) is 0 Å². The number of hydrogen-bond acceptors (Lipinski definition) is 3. The van der Waals surface area contributed by atoms with Crippen molar-refractivity contribution in [2.45, 2.75) is 13.5 Å². The third-order valence-electron chi connectivity index (χ3n) is 3.39. The van der Waals surface area contributed by atoms with Crippen LogP contribution >= 0.6 is 11.3 Å². The number of nitrogens with one attached hydrogen (secondary N) is 2. The van der Waals surface area contributed by atoms with E-state index in [1.807, 2.05) is 47.2 Å². The second kappa shape index (κ2) is 6.03. The zero-order valence-electron chi connectivity index (χ0n) is 12.0. The highest BCUT2D eigenvalue weighted by molar-refractivity contribution is 7.12. The van der Waals surface area contributed by atoms with Gasteiger partial charge >= 0.3 is 0 Å². The summed E-state index contributed by atoms with van der Waals surface area (Å²) in [6.07, 6.45) is 0. The Morgan fingerprint density at radius 3 is 2.59 bits per heavy atom. The molecule has 0 aliphatic heterocycles. The number of hydrogen-bond donors (Lipinski definition) is 2. The van der Waals surface area contributed by atoms with Crippen LogP contribution in [-0.2, 0) is 6.54 Å². The monoisotopic (exact) mass is 313 g/mol. The number of carbonyl (C=O) groups excluding carboxylic acids is 2. The SMILES string of the molecule is CCn1c(C(=O)NNC(=O)c2cccs2)cc2ccccc21. The Bertz CT molecular complexity index is 821. The quantitative estimate of drug-likeness (QED) is 0.730. The van der Waals surface area contributed by atoms with E-state index in [1.165, 1.54) is 11.3 Å². The van der Waals surface area contributed by atoms with E-state index in [-0.39, 0.29) is 11.8 Å². The first-order chi connectivity index (χ1) is 10.7. The fourth-order valence-corrected chi connectivity index (χ4v) is 3.01. The van der Waals surface area contributed by atoms with Crippen molar-refractivity contribution in [2.75, 3.05) is 0 Å². The Hall–Kier alpha value is -2.60. The van der Waals surface area contributed by atoms with Gasteiger partial charge in [-0.1, -0.05) is 24.3 Å². The predicted octanol–water partition coefficient (Wildman–Crippen LogP) is 2.80. The molecule has 0 radical (unpaired) electrons. The lowest BCUT2D eigenvalue weighted by Gasteiger charge is -2.09. The van der Waals surface area contributed by atoms with Gasteiger partial charge in [0.05, 0.1) is 4.88 Å². The van der Waals surface area contributed by atoms with Gasteiger partial charge in [0.25, 0.3) is 11.8 Å². The summed E-state index contributed by atoms with van der Waals surface area (Å²) >= 11 is 1.32. The van der Waals surface area contributed by atoms with E-state index >= 15 is 0 Å². The van der Waals surface area contributed by atoms with Gasteiger partial charge in [-0.3, -0.25) is 20.4 Å². The Morgan fingerprint density at radius 2 is 1.86 bits per heavy atom. The number of para-hydroxylation sites is 1. The van der Waals surface area contributed by atoms with Crippen LogP contribution < -0.4 is 10.9 Å². The summed E-state index contributed by atoms with van der Waals surface area (Å²) in [6, 6.07) is 13.1. The van der Waals surface area contributed by atoms with Crippen LogP contribution in [0.4, 0.5) is 0 Å². The van der Waals surface area contributed by atoms with Crippen molar-refractivity contribution in [1.82, 2.24) is 15.4 Å². The summed E-state index contributed by atoms with van der Waals surface area (Å²) in [5, 5.41) is 2.81. The van der Waals surface area contributed by atoms with E-state index < -0.39 is 0 Å². The van der Waals surface area contributed by atoms with Crippen LogP contribution in [0, 0.1) is 0 Å². The number of thiophene rings is 1. The molecule has 0 aliphatic carbocycles. The van der Waals surface area contributed by atoms with E-state index in [4.69, 9.17) is 0 Å². The molecular formula is C16H15N3O2S. The summed E-state index contributed by atoms with van der Waals surface area (Å²) in [5.74, 6) is -0.648. The maximum Gasteiger partial charge on any atom is 0.286 e. The molecule has 0 unspecified atom stereocenters. The molecule has 2 heterocycles. The number of hydrazine groups is 1. The van der Waals surface area contributed by atoms with Crippen molar-refractivity contribution in [3.63, 3.8) is 0 Å². The van der Waals surface area contributed by atoms with Gasteiger partial charge in [-0.2, -0.15) is 0 Å². The molecule has 5 nitrogen and oxygen atoms in total. The molecular weight excluding hydrogens is 298 g/mol. The van der Waals surface area contributed by atoms with Gasteiger partial charge < -0.3 is 4.57 Å². The number of carbonyl (C=O) groups is 2. The van der Waals surface area contributed by atoms with Crippen molar-refractivity contribution in [1.29, 1.82) is 0 Å². The van der Waals surface area contributed by atoms with Gasteiger partial charge in [0.1, 0.15) is 5.69 Å². The maximum absolute atomic E-state index is 12.3. The molecule has 22 heavy (non-hydrogen) atoms. The van der Waals surface area contributed by atoms with E-state index in [0.717, 1.165) is 10.9 Å². The average molecular weight is 313 g/mol. The molecule has 2 amide bonds. The highest BCUT2D eigenvalue weighted by Gasteiger charge is 2.15. The number of rotatable bonds is 3. The minimum Gasteiger partial charge on any atom is -0.337 e. The summed E-state index contributed by atoms with van der Waals surface area (Å²) < 4.78 is 1.92. The third-order valence-corrected chi connectivity index (χ3v) is 4.26. The molecule has 3 rings (SSSR count). The first-order valence-electron chi connectivity index (χ1n) is 6.93. The van der Waals surface area contributed by atoms with Crippen molar-refractivity contribution >= 4 is 34.1 Å². The van der Waals surface area contributed by atoms with Gasteiger partial charge in [0.2, 0.25) is 0 Å². The lowest BCUT2D eigenvalue weighted by molar-refractivity contribution is 0.0844. The molecule has 1 aromatic carbocycles. The number of amides is 2. The van der Waals surface area contributed by atoms with Gasteiger partial charge in [-0.25, -0.2) is 0 Å². The number of fused-ring (bicyclic) bond motifs is 1. The lowest BCUT2D eigenvalue weighted by Crippen LogP contribution is -2.42. The zero-order valence-corrected chi connectivity index (χ0v) is 12.8. The van der Waals surface area contributed by atoms with Crippen LogP contribution in [-0.4, -0.2) is 16.4 Å². The van der Waals surface area contributed by atoms with Gasteiger partial charge in [-0.15, -0.1) is 11.3 Å². The zero-order chi connectivity index (χ0) is 15.5. The molecule has 0 atom stereocenters. The molecule has 0 spiro atoms. The Labute approximate surface area is 131 Å². The van der Waals surface area contributed by atoms with E-state index in [9.17, 15) is 9.59 Å². The average Bonchev–Trinajstić information content (AvgIpc) is 3.19. The smallest absolute Gasteiger partial charge is 0.286 e. The van der Waals surface area contributed by atoms with Crippen molar-refractivity contribution < 1.29 is 9.59 Å². The first kappa shape index (κ1) is 14.3. The largest absolute Gasteiger partial charge is 0.337 e. The number of aromatic nitrogens is 1. The molecule has 2 aromatic heterocycles. The Kier molecular flexibility index (Phi) is 3.93. The maximum atomic E-state index is 12.3. The van der Waals surface area contributed by atoms with Gasteiger partial charge in [0, 0.05) is 17.4 Å². The molecule has 0 aliphatic rings. The second-order valence-corrected chi connectivity index (χ2v) is 5.67. The summed E-state index contributed by atoms with van der Waals surface area (Å²) in [5.41, 5.74) is 6.43. The normalized spacial score (nSPS) is 10.6. The highest BCUT2D eigenvalue weighted by atomic mass is 32.1. The molecule has 0 bridgehead atoms. The predicted molar refractivity (Wildman–Crippen MR) is 86.9 cm³/mol. The first-order valence-corrected chi connectivity index (χ1v) is 7.81. The molecule has 0 saturated carbocycles. The molecule has 0 saturated heterocycles.